The molecule has 17 heavy (non-hydrogen) atoms. The number of aryl methyl sites for hydroxylation is 1. The second kappa shape index (κ2) is 5.33. The minimum absolute atomic E-state index is 0.226. The van der Waals surface area contributed by atoms with Crippen molar-refractivity contribution in [1.29, 1.82) is 0 Å². The van der Waals surface area contributed by atoms with Gasteiger partial charge in [-0.2, -0.15) is 0 Å². The van der Waals surface area contributed by atoms with Crippen LogP contribution in [-0.4, -0.2) is 20.5 Å². The van der Waals surface area contributed by atoms with Crippen LogP contribution in [0.3, 0.4) is 0 Å². The van der Waals surface area contributed by atoms with Crippen LogP contribution in [0.4, 0.5) is 5.82 Å². The smallest absolute Gasteiger partial charge is 0.270 e. The highest BCUT2D eigenvalue weighted by Gasteiger charge is 2.16. The van der Waals surface area contributed by atoms with E-state index >= 15 is 0 Å². The van der Waals surface area contributed by atoms with Gasteiger partial charge < -0.3 is 5.32 Å². The highest BCUT2D eigenvalue weighted by molar-refractivity contribution is 9.10. The lowest BCUT2D eigenvalue weighted by Gasteiger charge is -2.04. The van der Waals surface area contributed by atoms with Crippen LogP contribution in [0.1, 0.15) is 22.3 Å². The zero-order chi connectivity index (χ0) is 12.3. The van der Waals surface area contributed by atoms with E-state index in [0.717, 1.165) is 16.0 Å². The predicted octanol–water partition coefficient (Wildman–Crippen LogP) is 2.51. The molecule has 7 heteroatoms. The Morgan fingerprint density at radius 2 is 2.41 bits per heavy atom. The van der Waals surface area contributed by atoms with Crippen molar-refractivity contribution in [2.45, 2.75) is 13.3 Å². The van der Waals surface area contributed by atoms with Crippen LogP contribution in [0.2, 0.25) is 0 Å². The van der Waals surface area contributed by atoms with Gasteiger partial charge in [-0.25, -0.2) is 4.98 Å². The lowest BCUT2D eigenvalue weighted by molar-refractivity contribution is 0.102. The van der Waals surface area contributed by atoms with Gasteiger partial charge in [-0.1, -0.05) is 11.4 Å². The number of aromatic nitrogens is 3. The van der Waals surface area contributed by atoms with E-state index in [1.807, 2.05) is 13.0 Å². The molecule has 2 aromatic heterocycles. The topological polar surface area (TPSA) is 67.8 Å². The summed E-state index contributed by atoms with van der Waals surface area (Å²) in [7, 11) is 0. The van der Waals surface area contributed by atoms with E-state index in [1.54, 1.807) is 12.3 Å². The number of rotatable bonds is 3. The van der Waals surface area contributed by atoms with Crippen LogP contribution < -0.4 is 5.32 Å². The van der Waals surface area contributed by atoms with Crippen LogP contribution in [0, 0.1) is 0 Å². The molecule has 0 aliphatic carbocycles. The minimum Gasteiger partial charge on any atom is -0.305 e. The fourth-order valence-electron chi connectivity index (χ4n) is 1.25. The molecule has 0 fully saturated rings. The van der Waals surface area contributed by atoms with Crippen molar-refractivity contribution in [1.82, 2.24) is 14.6 Å². The maximum atomic E-state index is 12.0. The number of anilines is 1. The number of nitrogens with zero attached hydrogens (tertiary/aromatic N) is 3. The van der Waals surface area contributed by atoms with E-state index in [4.69, 9.17) is 0 Å². The van der Waals surface area contributed by atoms with Crippen LogP contribution in [0.15, 0.2) is 22.8 Å². The molecule has 0 aliphatic heterocycles. The molecule has 1 N–H and O–H groups in total. The van der Waals surface area contributed by atoms with Gasteiger partial charge in [0, 0.05) is 6.20 Å². The van der Waals surface area contributed by atoms with Crippen molar-refractivity contribution in [3.05, 3.63) is 33.4 Å². The Labute approximate surface area is 111 Å². The van der Waals surface area contributed by atoms with E-state index in [1.165, 1.54) is 0 Å². The van der Waals surface area contributed by atoms with Gasteiger partial charge in [-0.3, -0.25) is 4.79 Å². The Kier molecular flexibility index (Phi) is 3.80. The highest BCUT2D eigenvalue weighted by atomic mass is 79.9. The zero-order valence-electron chi connectivity index (χ0n) is 8.98. The first kappa shape index (κ1) is 12.1. The van der Waals surface area contributed by atoms with E-state index < -0.39 is 0 Å². The average molecular weight is 313 g/mol. The zero-order valence-corrected chi connectivity index (χ0v) is 11.4. The van der Waals surface area contributed by atoms with E-state index in [2.05, 4.69) is 35.8 Å². The molecule has 0 aliphatic rings. The summed E-state index contributed by atoms with van der Waals surface area (Å²) in [6.07, 6.45) is 2.30. The maximum absolute atomic E-state index is 12.0. The van der Waals surface area contributed by atoms with Gasteiger partial charge in [-0.05, 0) is 46.0 Å². The summed E-state index contributed by atoms with van der Waals surface area (Å²) in [4.78, 5) is 16.6. The quantitative estimate of drug-likeness (QED) is 0.945. The third-order valence-electron chi connectivity index (χ3n) is 2.09. The molecule has 0 saturated heterocycles. The largest absolute Gasteiger partial charge is 0.305 e. The molecular weight excluding hydrogens is 304 g/mol. The third-order valence-corrected chi connectivity index (χ3v) is 3.49. The number of hydrogen-bond acceptors (Lipinski definition) is 5. The molecule has 88 valence electrons. The first-order chi connectivity index (χ1) is 8.22. The number of pyridine rings is 1. The van der Waals surface area contributed by atoms with E-state index in [9.17, 15) is 4.79 Å². The molecule has 2 rings (SSSR count). The van der Waals surface area contributed by atoms with Gasteiger partial charge in [-0.15, -0.1) is 5.10 Å². The fraction of sp³-hybridized carbons (Fsp3) is 0.200. The normalized spacial score (nSPS) is 10.2. The van der Waals surface area contributed by atoms with Crippen LogP contribution in [0.5, 0.6) is 0 Å². The fourth-order valence-corrected chi connectivity index (χ4v) is 2.25. The molecule has 2 heterocycles. The van der Waals surface area contributed by atoms with Gasteiger partial charge in [0.25, 0.3) is 5.91 Å². The van der Waals surface area contributed by atoms with Crippen LogP contribution in [-0.2, 0) is 6.42 Å². The standard InChI is InChI=1S/C10H9BrN4OS/c1-2-7-8(17-15-14-7)10(16)13-9-6(11)4-3-5-12-9/h3-5H,2H2,1H3,(H,12,13,16). The van der Waals surface area contributed by atoms with Crippen molar-refractivity contribution in [2.75, 3.05) is 5.32 Å². The summed E-state index contributed by atoms with van der Waals surface area (Å²) >= 11 is 4.41. The van der Waals surface area contributed by atoms with Gasteiger partial charge in [0.05, 0.1) is 10.2 Å². The van der Waals surface area contributed by atoms with Gasteiger partial charge in [0.1, 0.15) is 10.7 Å². The van der Waals surface area contributed by atoms with Gasteiger partial charge in [0.15, 0.2) is 0 Å². The second-order valence-electron chi connectivity index (χ2n) is 3.19. The molecule has 0 radical (unpaired) electrons. The Morgan fingerprint density at radius 3 is 3.12 bits per heavy atom. The summed E-state index contributed by atoms with van der Waals surface area (Å²) in [5.41, 5.74) is 0.708. The van der Waals surface area contributed by atoms with Crippen molar-refractivity contribution in [3.63, 3.8) is 0 Å². The summed E-state index contributed by atoms with van der Waals surface area (Å²) in [5.74, 6) is 0.268. The Bertz CT molecular complexity index is 543. The Hall–Kier alpha value is -1.34. The molecule has 1 amide bonds. The molecule has 5 nitrogen and oxygen atoms in total. The first-order valence-electron chi connectivity index (χ1n) is 4.95. The number of halogens is 1. The monoisotopic (exact) mass is 312 g/mol. The van der Waals surface area contributed by atoms with E-state index in [-0.39, 0.29) is 5.91 Å². The highest BCUT2D eigenvalue weighted by Crippen LogP contribution is 2.20. The average Bonchev–Trinajstić information content (AvgIpc) is 2.80. The molecule has 0 aromatic carbocycles. The summed E-state index contributed by atoms with van der Waals surface area (Å²) < 4.78 is 4.52. The van der Waals surface area contributed by atoms with Gasteiger partial charge >= 0.3 is 0 Å². The molecule has 0 unspecified atom stereocenters. The van der Waals surface area contributed by atoms with Crippen molar-refractivity contribution >= 4 is 39.2 Å². The first-order valence-corrected chi connectivity index (χ1v) is 6.52. The minimum atomic E-state index is -0.226. The SMILES string of the molecule is CCc1nnsc1C(=O)Nc1ncccc1Br. The number of nitrogens with one attached hydrogen (secondary N) is 1. The Morgan fingerprint density at radius 1 is 1.59 bits per heavy atom. The third kappa shape index (κ3) is 2.67. The molecule has 2 aromatic rings. The van der Waals surface area contributed by atoms with Gasteiger partial charge in [0.2, 0.25) is 0 Å². The lowest BCUT2D eigenvalue weighted by Crippen LogP contribution is -2.13. The van der Waals surface area contributed by atoms with Crippen molar-refractivity contribution in [2.24, 2.45) is 0 Å². The number of hydrogen-bond donors (Lipinski definition) is 1. The summed E-state index contributed by atoms with van der Waals surface area (Å²) in [5, 5.41) is 6.62. The Balaban J connectivity index is 2.20. The lowest BCUT2D eigenvalue weighted by atomic mass is 10.3. The molecular formula is C10H9BrN4OS. The van der Waals surface area contributed by atoms with Crippen LogP contribution >= 0.6 is 27.5 Å². The molecule has 0 saturated carbocycles. The second-order valence-corrected chi connectivity index (χ2v) is 4.80. The number of carbonyl (C=O) groups excluding carboxylic acids is 1. The summed E-state index contributed by atoms with van der Waals surface area (Å²) in [6.45, 7) is 1.93. The number of carbonyl (C=O) groups is 1. The maximum Gasteiger partial charge on any atom is 0.270 e. The van der Waals surface area contributed by atoms with Crippen molar-refractivity contribution < 1.29 is 4.79 Å². The summed E-state index contributed by atoms with van der Waals surface area (Å²) in [6, 6.07) is 3.60. The molecule has 0 atom stereocenters. The molecule has 0 bridgehead atoms. The number of amides is 1. The van der Waals surface area contributed by atoms with E-state index in [0.29, 0.717) is 22.8 Å². The molecule has 0 spiro atoms. The van der Waals surface area contributed by atoms with Crippen molar-refractivity contribution in [3.8, 4) is 0 Å². The predicted molar refractivity (Wildman–Crippen MR) is 69.2 cm³/mol. The van der Waals surface area contributed by atoms with Crippen LogP contribution in [0.25, 0.3) is 0 Å².